The zero-order valence-corrected chi connectivity index (χ0v) is 10.4. The number of nitro benzene ring substituents is 1. The van der Waals surface area contributed by atoms with Crippen molar-refractivity contribution in [1.82, 2.24) is 5.32 Å². The number of nitrogens with zero attached hydrogens (tertiary/aromatic N) is 1. The van der Waals surface area contributed by atoms with Crippen molar-refractivity contribution >= 4 is 33.3 Å². The van der Waals surface area contributed by atoms with E-state index in [4.69, 9.17) is 0 Å². The molecule has 0 radical (unpaired) electrons. The van der Waals surface area contributed by atoms with Gasteiger partial charge in [-0.1, -0.05) is 0 Å². The van der Waals surface area contributed by atoms with Gasteiger partial charge in [0.2, 0.25) is 0 Å². The highest BCUT2D eigenvalue weighted by atomic mass is 79.9. The van der Waals surface area contributed by atoms with Crippen LogP contribution in [0.4, 0.5) is 16.2 Å². The van der Waals surface area contributed by atoms with Crippen LogP contribution < -0.4 is 10.6 Å². The zero-order valence-electron chi connectivity index (χ0n) is 8.77. The molecule has 2 amide bonds. The molecule has 1 aliphatic carbocycles. The Morgan fingerprint density at radius 1 is 1.47 bits per heavy atom. The molecule has 7 heteroatoms. The minimum Gasteiger partial charge on any atom is -0.335 e. The van der Waals surface area contributed by atoms with Gasteiger partial charge in [-0.15, -0.1) is 0 Å². The van der Waals surface area contributed by atoms with Crippen molar-refractivity contribution in [3.05, 3.63) is 32.8 Å². The lowest BCUT2D eigenvalue weighted by atomic mass is 10.3. The topological polar surface area (TPSA) is 84.3 Å². The molecule has 0 bridgehead atoms. The van der Waals surface area contributed by atoms with E-state index in [2.05, 4.69) is 26.6 Å². The predicted octanol–water partition coefficient (Wildman–Crippen LogP) is 2.64. The van der Waals surface area contributed by atoms with Crippen LogP contribution in [0.15, 0.2) is 22.7 Å². The molecule has 0 unspecified atom stereocenters. The van der Waals surface area contributed by atoms with Crippen LogP contribution in [0.3, 0.4) is 0 Å². The predicted molar refractivity (Wildman–Crippen MR) is 66.0 cm³/mol. The van der Waals surface area contributed by atoms with E-state index in [1.54, 1.807) is 0 Å². The van der Waals surface area contributed by atoms with Gasteiger partial charge in [0.05, 0.1) is 10.6 Å². The molecule has 90 valence electrons. The Hall–Kier alpha value is -1.63. The van der Waals surface area contributed by atoms with Crippen LogP contribution in [-0.4, -0.2) is 17.0 Å². The first kappa shape index (κ1) is 11.8. The van der Waals surface area contributed by atoms with E-state index in [0.717, 1.165) is 12.8 Å². The highest BCUT2D eigenvalue weighted by molar-refractivity contribution is 9.10. The maximum atomic E-state index is 11.5. The highest BCUT2D eigenvalue weighted by Gasteiger charge is 2.23. The van der Waals surface area contributed by atoms with Crippen molar-refractivity contribution in [3.63, 3.8) is 0 Å². The Kier molecular flexibility index (Phi) is 3.28. The van der Waals surface area contributed by atoms with Crippen molar-refractivity contribution in [1.29, 1.82) is 0 Å². The molecule has 0 aromatic heterocycles. The second-order valence-electron chi connectivity index (χ2n) is 3.79. The van der Waals surface area contributed by atoms with E-state index in [1.807, 2.05) is 0 Å². The molecule has 2 rings (SSSR count). The van der Waals surface area contributed by atoms with Crippen LogP contribution in [0, 0.1) is 10.1 Å². The van der Waals surface area contributed by atoms with E-state index in [-0.39, 0.29) is 17.8 Å². The van der Waals surface area contributed by atoms with Gasteiger partial charge in [-0.3, -0.25) is 10.1 Å². The number of hydrogen-bond acceptors (Lipinski definition) is 3. The molecule has 1 aromatic carbocycles. The SMILES string of the molecule is O=C(Nc1ccc([N+](=O)[O-])cc1Br)NC1CC1. The fourth-order valence-corrected chi connectivity index (χ4v) is 1.76. The van der Waals surface area contributed by atoms with Crippen LogP contribution in [0.25, 0.3) is 0 Å². The van der Waals surface area contributed by atoms with Gasteiger partial charge < -0.3 is 10.6 Å². The van der Waals surface area contributed by atoms with Crippen molar-refractivity contribution in [2.75, 3.05) is 5.32 Å². The Morgan fingerprint density at radius 2 is 2.18 bits per heavy atom. The molecular weight excluding hydrogens is 290 g/mol. The number of non-ortho nitro benzene ring substituents is 1. The van der Waals surface area contributed by atoms with Crippen molar-refractivity contribution in [3.8, 4) is 0 Å². The van der Waals surface area contributed by atoms with Crippen LogP contribution >= 0.6 is 15.9 Å². The molecule has 2 N–H and O–H groups in total. The third-order valence-corrected chi connectivity index (χ3v) is 2.98. The molecule has 0 saturated heterocycles. The van der Waals surface area contributed by atoms with Gasteiger partial charge in [0.1, 0.15) is 0 Å². The van der Waals surface area contributed by atoms with Gasteiger partial charge in [-0.25, -0.2) is 4.79 Å². The summed E-state index contributed by atoms with van der Waals surface area (Å²) in [4.78, 5) is 21.5. The lowest BCUT2D eigenvalue weighted by molar-refractivity contribution is -0.384. The number of benzene rings is 1. The third kappa shape index (κ3) is 3.16. The summed E-state index contributed by atoms with van der Waals surface area (Å²) in [6, 6.07) is 4.17. The van der Waals surface area contributed by atoms with Crippen LogP contribution in [0.1, 0.15) is 12.8 Å². The van der Waals surface area contributed by atoms with Crippen molar-refractivity contribution < 1.29 is 9.72 Å². The van der Waals surface area contributed by atoms with Crippen LogP contribution in [0.2, 0.25) is 0 Å². The summed E-state index contributed by atoms with van der Waals surface area (Å²) in [5.41, 5.74) is 0.485. The molecular formula is C10H10BrN3O3. The Balaban J connectivity index is 2.04. The first-order valence-electron chi connectivity index (χ1n) is 5.08. The smallest absolute Gasteiger partial charge is 0.319 e. The second kappa shape index (κ2) is 4.70. The Labute approximate surface area is 106 Å². The molecule has 0 aliphatic heterocycles. The normalized spacial score (nSPS) is 14.2. The molecule has 1 aromatic rings. The van der Waals surface area contributed by atoms with E-state index in [9.17, 15) is 14.9 Å². The number of nitrogens with one attached hydrogen (secondary N) is 2. The van der Waals surface area contributed by atoms with Gasteiger partial charge in [-0.2, -0.15) is 0 Å². The molecule has 0 spiro atoms. The third-order valence-electron chi connectivity index (χ3n) is 2.32. The van der Waals surface area contributed by atoms with Crippen LogP contribution in [-0.2, 0) is 0 Å². The van der Waals surface area contributed by atoms with Gasteiger partial charge in [-0.05, 0) is 34.8 Å². The maximum absolute atomic E-state index is 11.5. The number of amides is 2. The second-order valence-corrected chi connectivity index (χ2v) is 4.65. The Bertz CT molecular complexity index is 474. The lowest BCUT2D eigenvalue weighted by Gasteiger charge is -2.07. The van der Waals surface area contributed by atoms with Gasteiger partial charge in [0.15, 0.2) is 0 Å². The number of urea groups is 1. The molecule has 6 nitrogen and oxygen atoms in total. The summed E-state index contributed by atoms with van der Waals surface area (Å²) >= 11 is 3.18. The average molecular weight is 300 g/mol. The molecule has 0 atom stereocenters. The zero-order chi connectivity index (χ0) is 12.4. The summed E-state index contributed by atoms with van der Waals surface area (Å²) in [5.74, 6) is 0. The summed E-state index contributed by atoms with van der Waals surface area (Å²) in [5, 5.41) is 15.9. The van der Waals surface area contributed by atoms with E-state index in [0.29, 0.717) is 10.2 Å². The highest BCUT2D eigenvalue weighted by Crippen LogP contribution is 2.27. The summed E-state index contributed by atoms with van der Waals surface area (Å²) in [7, 11) is 0. The standard InChI is InChI=1S/C10H10BrN3O3/c11-8-5-7(14(16)17)3-4-9(8)13-10(15)12-6-1-2-6/h3-6H,1-2H2,(H2,12,13,15). The van der Waals surface area contributed by atoms with E-state index >= 15 is 0 Å². The van der Waals surface area contributed by atoms with E-state index < -0.39 is 4.92 Å². The number of anilines is 1. The molecule has 1 saturated carbocycles. The number of carbonyl (C=O) groups excluding carboxylic acids is 1. The van der Waals surface area contributed by atoms with Crippen LogP contribution in [0.5, 0.6) is 0 Å². The first-order valence-corrected chi connectivity index (χ1v) is 5.87. The number of hydrogen-bond donors (Lipinski definition) is 2. The van der Waals surface area contributed by atoms with Crippen molar-refractivity contribution in [2.45, 2.75) is 18.9 Å². The largest absolute Gasteiger partial charge is 0.335 e. The molecule has 0 heterocycles. The molecule has 1 fully saturated rings. The summed E-state index contributed by atoms with van der Waals surface area (Å²) in [6.07, 6.45) is 2.02. The van der Waals surface area contributed by atoms with Crippen molar-refractivity contribution in [2.24, 2.45) is 0 Å². The Morgan fingerprint density at radius 3 is 2.71 bits per heavy atom. The number of nitro groups is 1. The lowest BCUT2D eigenvalue weighted by Crippen LogP contribution is -2.30. The monoisotopic (exact) mass is 299 g/mol. The van der Waals surface area contributed by atoms with Gasteiger partial charge in [0, 0.05) is 22.6 Å². The summed E-state index contributed by atoms with van der Waals surface area (Å²) < 4.78 is 0.484. The average Bonchev–Trinajstić information content (AvgIpc) is 3.04. The number of rotatable bonds is 3. The van der Waals surface area contributed by atoms with E-state index in [1.165, 1.54) is 18.2 Å². The fraction of sp³-hybridized carbons (Fsp3) is 0.300. The minimum absolute atomic E-state index is 0.0231. The molecule has 1 aliphatic rings. The van der Waals surface area contributed by atoms with Gasteiger partial charge >= 0.3 is 6.03 Å². The number of halogens is 1. The quantitative estimate of drug-likeness (QED) is 0.665. The summed E-state index contributed by atoms with van der Waals surface area (Å²) in [6.45, 7) is 0. The number of carbonyl (C=O) groups is 1. The van der Waals surface area contributed by atoms with Gasteiger partial charge in [0.25, 0.3) is 5.69 Å². The first-order chi connectivity index (χ1) is 8.06. The minimum atomic E-state index is -0.487. The molecule has 17 heavy (non-hydrogen) atoms. The fourth-order valence-electron chi connectivity index (χ4n) is 1.29. The maximum Gasteiger partial charge on any atom is 0.319 e.